The Morgan fingerprint density at radius 2 is 2.20 bits per heavy atom. The maximum Gasteiger partial charge on any atom is 0.209 e. The quantitative estimate of drug-likeness (QED) is 0.530. The summed E-state index contributed by atoms with van der Waals surface area (Å²) in [4.78, 5) is 0. The minimum atomic E-state index is -0.209. The van der Waals surface area contributed by atoms with E-state index in [1.807, 2.05) is 4.68 Å². The maximum atomic E-state index is 5.09. The molecule has 0 saturated heterocycles. The summed E-state index contributed by atoms with van der Waals surface area (Å²) >= 11 is 1.56. The lowest BCUT2D eigenvalue weighted by Gasteiger charge is -2.11. The summed E-state index contributed by atoms with van der Waals surface area (Å²) in [5.74, 6) is 0.695. The lowest BCUT2D eigenvalue weighted by Crippen LogP contribution is -2.16. The van der Waals surface area contributed by atoms with Gasteiger partial charge >= 0.3 is 0 Å². The number of ether oxygens (including phenoxy) is 2. The predicted molar refractivity (Wildman–Crippen MR) is 54.6 cm³/mol. The Hall–Kier alpha value is -0.660. The molecule has 84 valence electrons. The third kappa shape index (κ3) is 2.67. The summed E-state index contributed by atoms with van der Waals surface area (Å²) < 4.78 is 12.1. The first-order chi connectivity index (χ1) is 7.35. The van der Waals surface area contributed by atoms with Crippen LogP contribution in [0.1, 0.15) is 18.9 Å². The molecular formula is C8H14N4O2S. The van der Waals surface area contributed by atoms with E-state index in [2.05, 4.69) is 15.5 Å². The van der Waals surface area contributed by atoms with E-state index >= 15 is 0 Å². The van der Waals surface area contributed by atoms with Crippen molar-refractivity contribution in [3.63, 3.8) is 0 Å². The molecule has 0 amide bonds. The SMILES string of the molecule is COC(CSc1nnnn1C1CC1)OC. The van der Waals surface area contributed by atoms with Crippen LogP contribution >= 0.6 is 11.8 Å². The highest BCUT2D eigenvalue weighted by molar-refractivity contribution is 7.99. The van der Waals surface area contributed by atoms with Crippen LogP contribution in [0.5, 0.6) is 0 Å². The van der Waals surface area contributed by atoms with Crippen molar-refractivity contribution in [2.24, 2.45) is 0 Å². The van der Waals surface area contributed by atoms with Gasteiger partial charge in [0.05, 0.1) is 11.8 Å². The number of aromatic nitrogens is 4. The predicted octanol–water partition coefficient (Wildman–Crippen LogP) is 0.719. The molecule has 0 aromatic carbocycles. The van der Waals surface area contributed by atoms with Crippen LogP contribution in [0.3, 0.4) is 0 Å². The molecular weight excluding hydrogens is 216 g/mol. The molecule has 6 nitrogen and oxygen atoms in total. The molecule has 1 aliphatic rings. The Bertz CT molecular complexity index is 311. The Labute approximate surface area is 92.3 Å². The smallest absolute Gasteiger partial charge is 0.209 e. The molecule has 2 rings (SSSR count). The minimum absolute atomic E-state index is 0.209. The molecule has 15 heavy (non-hydrogen) atoms. The van der Waals surface area contributed by atoms with Crippen molar-refractivity contribution >= 4 is 11.8 Å². The molecule has 1 fully saturated rings. The number of nitrogens with zero attached hydrogens (tertiary/aromatic N) is 4. The van der Waals surface area contributed by atoms with E-state index in [0.717, 1.165) is 5.16 Å². The second-order valence-electron chi connectivity index (χ2n) is 3.35. The second kappa shape index (κ2) is 4.91. The van der Waals surface area contributed by atoms with Crippen LogP contribution in [0.4, 0.5) is 0 Å². The van der Waals surface area contributed by atoms with Gasteiger partial charge < -0.3 is 9.47 Å². The van der Waals surface area contributed by atoms with Gasteiger partial charge in [0, 0.05) is 14.2 Å². The fourth-order valence-electron chi connectivity index (χ4n) is 1.20. The molecule has 0 spiro atoms. The average molecular weight is 230 g/mol. The third-order valence-electron chi connectivity index (χ3n) is 2.23. The number of rotatable bonds is 6. The molecule has 1 aliphatic carbocycles. The van der Waals surface area contributed by atoms with Crippen LogP contribution in [0.25, 0.3) is 0 Å². The highest BCUT2D eigenvalue weighted by Gasteiger charge is 2.28. The highest BCUT2D eigenvalue weighted by atomic mass is 32.2. The van der Waals surface area contributed by atoms with Gasteiger partial charge in [-0.15, -0.1) is 5.10 Å². The first-order valence-electron chi connectivity index (χ1n) is 4.81. The zero-order valence-electron chi connectivity index (χ0n) is 8.79. The van der Waals surface area contributed by atoms with Gasteiger partial charge in [-0.2, -0.15) is 0 Å². The number of hydrogen-bond donors (Lipinski definition) is 0. The summed E-state index contributed by atoms with van der Waals surface area (Å²) in [6, 6.07) is 0.506. The Kier molecular flexibility index (Phi) is 3.55. The van der Waals surface area contributed by atoms with Crippen LogP contribution in [-0.4, -0.2) is 46.5 Å². The fraction of sp³-hybridized carbons (Fsp3) is 0.875. The van der Waals surface area contributed by atoms with Crippen molar-refractivity contribution in [3.05, 3.63) is 0 Å². The van der Waals surface area contributed by atoms with Gasteiger partial charge in [-0.05, 0) is 23.3 Å². The monoisotopic (exact) mass is 230 g/mol. The maximum absolute atomic E-state index is 5.09. The van der Waals surface area contributed by atoms with Crippen molar-refractivity contribution < 1.29 is 9.47 Å². The van der Waals surface area contributed by atoms with Crippen molar-refractivity contribution in [2.45, 2.75) is 30.3 Å². The molecule has 0 bridgehead atoms. The van der Waals surface area contributed by atoms with Crippen molar-refractivity contribution in [2.75, 3.05) is 20.0 Å². The van der Waals surface area contributed by atoms with Gasteiger partial charge in [0.15, 0.2) is 6.29 Å². The van der Waals surface area contributed by atoms with Gasteiger partial charge in [0.25, 0.3) is 0 Å². The molecule has 7 heteroatoms. The van der Waals surface area contributed by atoms with Crippen LogP contribution in [-0.2, 0) is 9.47 Å². The van der Waals surface area contributed by atoms with E-state index in [9.17, 15) is 0 Å². The normalized spacial score (nSPS) is 16.2. The first kappa shape index (κ1) is 10.8. The molecule has 1 heterocycles. The molecule has 0 N–H and O–H groups in total. The number of thioether (sulfide) groups is 1. The van der Waals surface area contributed by atoms with Crippen LogP contribution < -0.4 is 0 Å². The van der Waals surface area contributed by atoms with E-state index in [1.54, 1.807) is 26.0 Å². The van der Waals surface area contributed by atoms with E-state index in [4.69, 9.17) is 9.47 Å². The van der Waals surface area contributed by atoms with Gasteiger partial charge in [0.2, 0.25) is 5.16 Å². The van der Waals surface area contributed by atoms with Gasteiger partial charge in [-0.3, -0.25) is 0 Å². The van der Waals surface area contributed by atoms with E-state index < -0.39 is 0 Å². The molecule has 0 unspecified atom stereocenters. The summed E-state index contributed by atoms with van der Waals surface area (Å²) in [5.41, 5.74) is 0. The molecule has 1 aromatic heterocycles. The zero-order chi connectivity index (χ0) is 10.7. The minimum Gasteiger partial charge on any atom is -0.355 e. The second-order valence-corrected chi connectivity index (χ2v) is 4.34. The largest absolute Gasteiger partial charge is 0.355 e. The standard InChI is InChI=1S/C8H14N4O2S/c1-13-7(14-2)5-15-8-9-10-11-12(8)6-3-4-6/h6-7H,3-5H2,1-2H3. The zero-order valence-corrected chi connectivity index (χ0v) is 9.61. The number of tetrazole rings is 1. The summed E-state index contributed by atoms with van der Waals surface area (Å²) in [7, 11) is 3.25. The molecule has 1 saturated carbocycles. The molecule has 0 radical (unpaired) electrons. The van der Waals surface area contributed by atoms with Gasteiger partial charge in [0.1, 0.15) is 0 Å². The highest BCUT2D eigenvalue weighted by Crippen LogP contribution is 2.36. The number of hydrogen-bond acceptors (Lipinski definition) is 6. The lowest BCUT2D eigenvalue weighted by atomic mass is 10.7. The molecule has 1 aromatic rings. The van der Waals surface area contributed by atoms with E-state index in [0.29, 0.717) is 11.8 Å². The topological polar surface area (TPSA) is 62.1 Å². The first-order valence-corrected chi connectivity index (χ1v) is 5.80. The van der Waals surface area contributed by atoms with Crippen LogP contribution in [0.2, 0.25) is 0 Å². The lowest BCUT2D eigenvalue weighted by molar-refractivity contribution is -0.0842. The Morgan fingerprint density at radius 1 is 1.47 bits per heavy atom. The van der Waals surface area contributed by atoms with Crippen molar-refractivity contribution in [1.82, 2.24) is 20.2 Å². The molecule has 0 aliphatic heterocycles. The summed E-state index contributed by atoms with van der Waals surface area (Å²) in [5, 5.41) is 12.5. The average Bonchev–Trinajstić information content (AvgIpc) is 3.00. The van der Waals surface area contributed by atoms with Crippen molar-refractivity contribution in [1.29, 1.82) is 0 Å². The van der Waals surface area contributed by atoms with Gasteiger partial charge in [-0.25, -0.2) is 4.68 Å². The van der Waals surface area contributed by atoms with Gasteiger partial charge in [-0.1, -0.05) is 11.8 Å². The molecule has 0 atom stereocenters. The van der Waals surface area contributed by atoms with E-state index in [1.165, 1.54) is 12.8 Å². The van der Waals surface area contributed by atoms with Crippen LogP contribution in [0, 0.1) is 0 Å². The Morgan fingerprint density at radius 3 is 2.80 bits per heavy atom. The summed E-state index contributed by atoms with van der Waals surface area (Å²) in [6.07, 6.45) is 2.15. The van der Waals surface area contributed by atoms with E-state index in [-0.39, 0.29) is 6.29 Å². The van der Waals surface area contributed by atoms with Crippen molar-refractivity contribution in [3.8, 4) is 0 Å². The third-order valence-corrected chi connectivity index (χ3v) is 3.20. The fourth-order valence-corrected chi connectivity index (χ4v) is 2.17. The summed E-state index contributed by atoms with van der Waals surface area (Å²) in [6.45, 7) is 0. The van der Waals surface area contributed by atoms with Crippen LogP contribution in [0.15, 0.2) is 5.16 Å². The Balaban J connectivity index is 1.89. The number of methoxy groups -OCH3 is 2.